The summed E-state index contributed by atoms with van der Waals surface area (Å²) in [5.74, 6) is 0.273. The molecule has 0 aromatic heterocycles. The normalized spacial score (nSPS) is 25.4. The van der Waals surface area contributed by atoms with Crippen LogP contribution < -0.4 is 5.73 Å². The molecule has 5 nitrogen and oxygen atoms in total. The lowest BCUT2D eigenvalue weighted by atomic mass is 9.88. The van der Waals surface area contributed by atoms with Gasteiger partial charge in [-0.25, -0.2) is 0 Å². The first-order valence-corrected chi connectivity index (χ1v) is 7.85. The zero-order chi connectivity index (χ0) is 14.4. The van der Waals surface area contributed by atoms with Crippen LogP contribution in [0.15, 0.2) is 0 Å². The van der Waals surface area contributed by atoms with Gasteiger partial charge in [0.05, 0.1) is 18.0 Å². The maximum atomic E-state index is 7.43. The van der Waals surface area contributed by atoms with Crippen LogP contribution in [0.25, 0.3) is 0 Å². The molecule has 2 fully saturated rings. The van der Waals surface area contributed by atoms with Gasteiger partial charge in [0.25, 0.3) is 0 Å². The minimum Gasteiger partial charge on any atom is -0.388 e. The third kappa shape index (κ3) is 4.17. The van der Waals surface area contributed by atoms with Gasteiger partial charge in [-0.3, -0.25) is 10.3 Å². The molecule has 1 aliphatic carbocycles. The van der Waals surface area contributed by atoms with Crippen molar-refractivity contribution in [3.05, 3.63) is 0 Å². The summed E-state index contributed by atoms with van der Waals surface area (Å²) < 4.78 is 11.3. The Bertz CT molecular complexity index is 316. The van der Waals surface area contributed by atoms with Crippen molar-refractivity contribution in [2.24, 2.45) is 5.73 Å². The number of nitrogens with zero attached hydrogens (tertiary/aromatic N) is 1. The number of methoxy groups -OCH3 is 1. The molecule has 0 radical (unpaired) electrons. The molecule has 1 unspecified atom stereocenters. The third-order valence-corrected chi connectivity index (χ3v) is 4.75. The van der Waals surface area contributed by atoms with Crippen molar-refractivity contribution in [1.82, 2.24) is 4.90 Å². The summed E-state index contributed by atoms with van der Waals surface area (Å²) in [5.41, 5.74) is 5.66. The van der Waals surface area contributed by atoms with Gasteiger partial charge in [-0.1, -0.05) is 12.8 Å². The van der Waals surface area contributed by atoms with E-state index in [-0.39, 0.29) is 11.4 Å². The summed E-state index contributed by atoms with van der Waals surface area (Å²) >= 11 is 0. The summed E-state index contributed by atoms with van der Waals surface area (Å²) in [4.78, 5) is 2.45. The standard InChI is InChI=1S/C15H29N3O2/c1-19-11-9-18(8-4-14(16)17)13-5-10-20-15(12-13)6-2-3-7-15/h13H,2-12H2,1H3,(H3,16,17). The predicted molar refractivity (Wildman–Crippen MR) is 80.2 cm³/mol. The molecule has 1 heterocycles. The Morgan fingerprint density at radius 2 is 2.15 bits per heavy atom. The molecule has 1 atom stereocenters. The monoisotopic (exact) mass is 283 g/mol. The SMILES string of the molecule is COCCN(CCC(=N)N)C1CCOC2(CCCC2)C1. The summed E-state index contributed by atoms with van der Waals surface area (Å²) in [6.45, 7) is 3.39. The summed E-state index contributed by atoms with van der Waals surface area (Å²) in [7, 11) is 1.74. The molecule has 0 aromatic carbocycles. The van der Waals surface area contributed by atoms with Gasteiger partial charge in [0.1, 0.15) is 0 Å². The second-order valence-corrected chi connectivity index (χ2v) is 6.19. The van der Waals surface area contributed by atoms with E-state index in [0.29, 0.717) is 12.5 Å². The fraction of sp³-hybridized carbons (Fsp3) is 0.933. The highest BCUT2D eigenvalue weighted by atomic mass is 16.5. The molecule has 0 aromatic rings. The molecule has 5 heteroatoms. The van der Waals surface area contributed by atoms with Crippen molar-refractivity contribution in [3.8, 4) is 0 Å². The number of rotatable bonds is 7. The molecule has 1 saturated carbocycles. The molecule has 0 bridgehead atoms. The van der Waals surface area contributed by atoms with E-state index in [4.69, 9.17) is 20.6 Å². The van der Waals surface area contributed by atoms with E-state index in [2.05, 4.69) is 4.90 Å². The van der Waals surface area contributed by atoms with Crippen LogP contribution >= 0.6 is 0 Å². The fourth-order valence-electron chi connectivity index (χ4n) is 3.63. The highest BCUT2D eigenvalue weighted by Crippen LogP contribution is 2.41. The Morgan fingerprint density at radius 1 is 1.40 bits per heavy atom. The first-order valence-electron chi connectivity index (χ1n) is 7.85. The van der Waals surface area contributed by atoms with Crippen molar-refractivity contribution < 1.29 is 9.47 Å². The van der Waals surface area contributed by atoms with Gasteiger partial charge in [-0.05, 0) is 25.7 Å². The molecule has 1 saturated heterocycles. The Hall–Kier alpha value is -0.650. The van der Waals surface area contributed by atoms with Crippen LogP contribution in [0.1, 0.15) is 44.9 Å². The van der Waals surface area contributed by atoms with E-state index in [1.807, 2.05) is 0 Å². The predicted octanol–water partition coefficient (Wildman–Crippen LogP) is 1.75. The van der Waals surface area contributed by atoms with Crippen LogP contribution in [0.5, 0.6) is 0 Å². The van der Waals surface area contributed by atoms with Crippen molar-refractivity contribution in [2.45, 2.75) is 56.6 Å². The van der Waals surface area contributed by atoms with E-state index in [9.17, 15) is 0 Å². The van der Waals surface area contributed by atoms with Crippen molar-refractivity contribution in [2.75, 3.05) is 33.4 Å². The Balaban J connectivity index is 1.93. The van der Waals surface area contributed by atoms with Crippen molar-refractivity contribution in [1.29, 1.82) is 5.41 Å². The van der Waals surface area contributed by atoms with Crippen molar-refractivity contribution >= 4 is 5.84 Å². The second kappa shape index (κ2) is 7.38. The van der Waals surface area contributed by atoms with Crippen LogP contribution in [0.3, 0.4) is 0 Å². The van der Waals surface area contributed by atoms with Crippen LogP contribution in [0.4, 0.5) is 0 Å². The van der Waals surface area contributed by atoms with E-state index >= 15 is 0 Å². The lowest BCUT2D eigenvalue weighted by Gasteiger charge is -2.43. The molecule has 20 heavy (non-hydrogen) atoms. The summed E-state index contributed by atoms with van der Waals surface area (Å²) in [6.07, 6.45) is 7.91. The highest BCUT2D eigenvalue weighted by Gasteiger charge is 2.41. The molecular formula is C15H29N3O2. The third-order valence-electron chi connectivity index (χ3n) is 4.75. The molecule has 1 aliphatic heterocycles. The van der Waals surface area contributed by atoms with Gasteiger partial charge in [-0.15, -0.1) is 0 Å². The smallest absolute Gasteiger partial charge is 0.0918 e. The molecule has 1 spiro atoms. The number of nitrogens with two attached hydrogens (primary N) is 1. The number of hydrogen-bond donors (Lipinski definition) is 2. The van der Waals surface area contributed by atoms with Gasteiger partial charge in [0, 0.05) is 39.3 Å². The lowest BCUT2D eigenvalue weighted by molar-refractivity contribution is -0.103. The molecular weight excluding hydrogens is 254 g/mol. The first-order chi connectivity index (χ1) is 9.65. The topological polar surface area (TPSA) is 71.6 Å². The number of amidine groups is 1. The van der Waals surface area contributed by atoms with Crippen LogP contribution in [0.2, 0.25) is 0 Å². The average Bonchev–Trinajstić information content (AvgIpc) is 2.86. The first kappa shape index (κ1) is 15.7. The average molecular weight is 283 g/mol. The molecule has 116 valence electrons. The van der Waals surface area contributed by atoms with Gasteiger partial charge in [0.15, 0.2) is 0 Å². The summed E-state index contributed by atoms with van der Waals surface area (Å²) in [6, 6.07) is 0.552. The van der Waals surface area contributed by atoms with Gasteiger partial charge in [0.2, 0.25) is 0 Å². The fourth-order valence-corrected chi connectivity index (χ4v) is 3.63. The quantitative estimate of drug-likeness (QED) is 0.551. The largest absolute Gasteiger partial charge is 0.388 e. The number of nitrogens with one attached hydrogen (secondary N) is 1. The van der Waals surface area contributed by atoms with Crippen LogP contribution in [-0.2, 0) is 9.47 Å². The zero-order valence-corrected chi connectivity index (χ0v) is 12.7. The highest BCUT2D eigenvalue weighted by molar-refractivity contribution is 5.76. The van der Waals surface area contributed by atoms with Crippen LogP contribution in [-0.4, -0.2) is 55.8 Å². The zero-order valence-electron chi connectivity index (χ0n) is 12.7. The van der Waals surface area contributed by atoms with E-state index in [1.54, 1.807) is 7.11 Å². The van der Waals surface area contributed by atoms with Crippen molar-refractivity contribution in [3.63, 3.8) is 0 Å². The number of hydrogen-bond acceptors (Lipinski definition) is 4. The van der Waals surface area contributed by atoms with Gasteiger partial charge in [-0.2, -0.15) is 0 Å². The molecule has 2 rings (SSSR count). The molecule has 3 N–H and O–H groups in total. The maximum absolute atomic E-state index is 7.43. The minimum absolute atomic E-state index is 0.143. The molecule has 0 amide bonds. The minimum atomic E-state index is 0.143. The Labute approximate surface area is 122 Å². The maximum Gasteiger partial charge on any atom is 0.0918 e. The van der Waals surface area contributed by atoms with E-state index in [1.165, 1.54) is 25.7 Å². The van der Waals surface area contributed by atoms with Crippen LogP contribution in [0, 0.1) is 5.41 Å². The number of ether oxygens (including phenoxy) is 2. The van der Waals surface area contributed by atoms with E-state index in [0.717, 1.165) is 39.1 Å². The Kier molecular flexibility index (Phi) is 5.81. The molecule has 2 aliphatic rings. The Morgan fingerprint density at radius 3 is 2.80 bits per heavy atom. The van der Waals surface area contributed by atoms with E-state index < -0.39 is 0 Å². The summed E-state index contributed by atoms with van der Waals surface area (Å²) in [5, 5.41) is 7.43. The lowest BCUT2D eigenvalue weighted by Crippen LogP contribution is -2.49. The van der Waals surface area contributed by atoms with Gasteiger partial charge >= 0.3 is 0 Å². The van der Waals surface area contributed by atoms with Gasteiger partial charge < -0.3 is 15.2 Å². The second-order valence-electron chi connectivity index (χ2n) is 6.19.